The Morgan fingerprint density at radius 1 is 1.42 bits per heavy atom. The van der Waals surface area contributed by atoms with E-state index in [9.17, 15) is 9.59 Å². The van der Waals surface area contributed by atoms with Crippen LogP contribution in [0.2, 0.25) is 5.02 Å². The largest absolute Gasteiger partial charge is 0.367 e. The molecular formula is C19H22ClN3O2S. The van der Waals surface area contributed by atoms with E-state index in [4.69, 9.17) is 23.8 Å². The van der Waals surface area contributed by atoms with Gasteiger partial charge in [0.1, 0.15) is 0 Å². The van der Waals surface area contributed by atoms with Crippen molar-refractivity contribution in [3.05, 3.63) is 28.8 Å². The molecule has 2 saturated heterocycles. The lowest BCUT2D eigenvalue weighted by Gasteiger charge is -2.51. The molecule has 3 atom stereocenters. The number of rotatable bonds is 2. The van der Waals surface area contributed by atoms with E-state index < -0.39 is 5.41 Å². The normalized spacial score (nSPS) is 28.9. The van der Waals surface area contributed by atoms with E-state index in [1.165, 1.54) is 0 Å². The molecule has 1 aromatic carbocycles. The number of fused-ring (bicyclic) bond motifs is 4. The molecule has 26 heavy (non-hydrogen) atoms. The molecule has 3 aliphatic rings. The number of thiocarbonyl (C=S) groups is 1. The van der Waals surface area contributed by atoms with Crippen LogP contribution >= 0.6 is 23.8 Å². The lowest BCUT2D eigenvalue weighted by Crippen LogP contribution is -2.72. The molecule has 1 aromatic rings. The number of hydrogen-bond donors (Lipinski definition) is 1. The molecule has 0 saturated carbocycles. The second-order valence-corrected chi connectivity index (χ2v) is 8.22. The number of carbonyl (C=O) groups excluding carboxylic acids is 2. The van der Waals surface area contributed by atoms with Crippen molar-refractivity contribution in [3.63, 3.8) is 0 Å². The van der Waals surface area contributed by atoms with E-state index in [2.05, 4.69) is 10.2 Å². The highest BCUT2D eigenvalue weighted by Crippen LogP contribution is 2.50. The van der Waals surface area contributed by atoms with Gasteiger partial charge in [-0.2, -0.15) is 0 Å². The van der Waals surface area contributed by atoms with Crippen LogP contribution in [0.5, 0.6) is 0 Å². The fourth-order valence-corrected chi connectivity index (χ4v) is 5.25. The predicted octanol–water partition coefficient (Wildman–Crippen LogP) is 2.89. The van der Waals surface area contributed by atoms with E-state index in [1.807, 2.05) is 32.0 Å². The minimum Gasteiger partial charge on any atom is -0.367 e. The summed E-state index contributed by atoms with van der Waals surface area (Å²) in [7, 11) is 0. The SMILES string of the molecule is CC[C@H](C)N1C(=O)[C@@]2(Cc3c(Cl)cccc3N3CCC[C@@H]32)C(=O)NC1=S. The number of halogens is 1. The first-order valence-corrected chi connectivity index (χ1v) is 9.93. The average molecular weight is 392 g/mol. The van der Waals surface area contributed by atoms with E-state index in [1.54, 1.807) is 4.90 Å². The Morgan fingerprint density at radius 2 is 2.19 bits per heavy atom. The third kappa shape index (κ3) is 2.24. The Kier molecular flexibility index (Phi) is 4.23. The van der Waals surface area contributed by atoms with Crippen LogP contribution in [0, 0.1) is 5.41 Å². The zero-order valence-corrected chi connectivity index (χ0v) is 16.5. The fourth-order valence-electron chi connectivity index (χ4n) is 4.66. The van der Waals surface area contributed by atoms with Gasteiger partial charge in [-0.15, -0.1) is 0 Å². The highest BCUT2D eigenvalue weighted by atomic mass is 35.5. The lowest BCUT2D eigenvalue weighted by atomic mass is 9.68. The van der Waals surface area contributed by atoms with Gasteiger partial charge in [0.05, 0.1) is 6.04 Å². The van der Waals surface area contributed by atoms with Crippen LogP contribution in [-0.2, 0) is 16.0 Å². The summed E-state index contributed by atoms with van der Waals surface area (Å²) in [5.41, 5.74) is 0.766. The Balaban J connectivity index is 1.88. The molecule has 138 valence electrons. The predicted molar refractivity (Wildman–Crippen MR) is 105 cm³/mol. The van der Waals surface area contributed by atoms with Crippen molar-refractivity contribution in [2.75, 3.05) is 11.4 Å². The van der Waals surface area contributed by atoms with Gasteiger partial charge in [0.25, 0.3) is 0 Å². The van der Waals surface area contributed by atoms with Crippen LogP contribution in [0.25, 0.3) is 0 Å². The van der Waals surface area contributed by atoms with Crippen LogP contribution in [0.15, 0.2) is 18.2 Å². The van der Waals surface area contributed by atoms with Crippen LogP contribution < -0.4 is 10.2 Å². The van der Waals surface area contributed by atoms with Crippen LogP contribution in [0.4, 0.5) is 5.69 Å². The maximum absolute atomic E-state index is 13.7. The van der Waals surface area contributed by atoms with Crippen molar-refractivity contribution in [2.24, 2.45) is 5.41 Å². The third-order valence-electron chi connectivity index (χ3n) is 6.16. The van der Waals surface area contributed by atoms with Gasteiger partial charge >= 0.3 is 0 Å². The number of nitrogens with one attached hydrogen (secondary N) is 1. The highest BCUT2D eigenvalue weighted by Gasteiger charge is 2.62. The molecule has 1 N–H and O–H groups in total. The Hall–Kier alpha value is -1.66. The smallest absolute Gasteiger partial charge is 0.247 e. The molecule has 0 aliphatic carbocycles. The van der Waals surface area contributed by atoms with Gasteiger partial charge < -0.3 is 10.2 Å². The van der Waals surface area contributed by atoms with Crippen molar-refractivity contribution >= 4 is 46.4 Å². The maximum Gasteiger partial charge on any atom is 0.247 e. The first kappa shape index (κ1) is 17.7. The van der Waals surface area contributed by atoms with Gasteiger partial charge in [-0.25, -0.2) is 0 Å². The Bertz CT molecular complexity index is 814. The Labute approximate surface area is 163 Å². The van der Waals surface area contributed by atoms with Crippen molar-refractivity contribution in [1.82, 2.24) is 10.2 Å². The summed E-state index contributed by atoms with van der Waals surface area (Å²) in [6.07, 6.45) is 2.85. The molecule has 3 aliphatic heterocycles. The molecule has 3 heterocycles. The van der Waals surface area contributed by atoms with Crippen LogP contribution in [0.1, 0.15) is 38.7 Å². The summed E-state index contributed by atoms with van der Waals surface area (Å²) in [5.74, 6) is -0.461. The molecule has 5 nitrogen and oxygen atoms in total. The van der Waals surface area contributed by atoms with E-state index in [0.29, 0.717) is 11.4 Å². The zero-order valence-electron chi connectivity index (χ0n) is 14.9. The molecule has 1 spiro atoms. The third-order valence-corrected chi connectivity index (χ3v) is 6.81. The minimum absolute atomic E-state index is 0.0602. The van der Waals surface area contributed by atoms with Crippen LogP contribution in [0.3, 0.4) is 0 Å². The summed E-state index contributed by atoms with van der Waals surface area (Å²) >= 11 is 11.8. The molecule has 0 radical (unpaired) electrons. The molecule has 7 heteroatoms. The molecule has 0 aromatic heterocycles. The van der Waals surface area contributed by atoms with Crippen molar-refractivity contribution in [1.29, 1.82) is 0 Å². The molecule has 0 bridgehead atoms. The summed E-state index contributed by atoms with van der Waals surface area (Å²) in [4.78, 5) is 30.7. The topological polar surface area (TPSA) is 52.7 Å². The van der Waals surface area contributed by atoms with Gasteiger partial charge in [0, 0.05) is 29.7 Å². The molecular weight excluding hydrogens is 370 g/mol. The molecule has 0 unspecified atom stereocenters. The second kappa shape index (κ2) is 6.20. The van der Waals surface area contributed by atoms with E-state index >= 15 is 0 Å². The standard InChI is InChI=1S/C19H22ClN3O2S/c1-3-11(2)23-17(25)19(16(24)21-18(23)26)10-12-13(20)6-4-7-14(12)22-9-5-8-15(19)22/h4,6-7,11,15H,3,5,8-10H2,1-2H3,(H,21,24,26)/t11-,15+,19+/m0/s1. The first-order chi connectivity index (χ1) is 12.4. The van der Waals surface area contributed by atoms with Crippen molar-refractivity contribution in [2.45, 2.75) is 51.6 Å². The number of nitrogens with zero attached hydrogens (tertiary/aromatic N) is 2. The molecule has 2 fully saturated rings. The van der Waals surface area contributed by atoms with Crippen LogP contribution in [-0.4, -0.2) is 40.5 Å². The monoisotopic (exact) mass is 391 g/mol. The first-order valence-electron chi connectivity index (χ1n) is 9.15. The van der Waals surface area contributed by atoms with Crippen molar-refractivity contribution in [3.8, 4) is 0 Å². The Morgan fingerprint density at radius 3 is 2.92 bits per heavy atom. The number of carbonyl (C=O) groups is 2. The minimum atomic E-state index is -1.17. The van der Waals surface area contributed by atoms with Gasteiger partial charge in [0.2, 0.25) is 11.8 Å². The van der Waals surface area contributed by atoms with Gasteiger partial charge in [-0.3, -0.25) is 14.5 Å². The molecule has 2 amide bonds. The highest BCUT2D eigenvalue weighted by molar-refractivity contribution is 7.80. The van der Waals surface area contributed by atoms with Gasteiger partial charge in [-0.1, -0.05) is 24.6 Å². The number of amides is 2. The fraction of sp³-hybridized carbons (Fsp3) is 0.526. The van der Waals surface area contributed by atoms with E-state index in [0.717, 1.165) is 37.1 Å². The lowest BCUT2D eigenvalue weighted by molar-refractivity contribution is -0.153. The van der Waals surface area contributed by atoms with Gasteiger partial charge in [0.15, 0.2) is 10.5 Å². The van der Waals surface area contributed by atoms with Gasteiger partial charge in [-0.05, 0) is 56.1 Å². The number of benzene rings is 1. The quantitative estimate of drug-likeness (QED) is 0.622. The molecule has 4 rings (SSSR count). The second-order valence-electron chi connectivity index (χ2n) is 7.43. The number of hydrogen-bond acceptors (Lipinski definition) is 4. The van der Waals surface area contributed by atoms with E-state index in [-0.39, 0.29) is 29.0 Å². The maximum atomic E-state index is 13.7. The zero-order chi connectivity index (χ0) is 18.6. The average Bonchev–Trinajstić information content (AvgIpc) is 3.10. The summed E-state index contributed by atoms with van der Waals surface area (Å²) in [6.45, 7) is 4.80. The summed E-state index contributed by atoms with van der Waals surface area (Å²) in [5, 5.41) is 3.65. The summed E-state index contributed by atoms with van der Waals surface area (Å²) in [6, 6.07) is 5.57. The van der Waals surface area contributed by atoms with Crippen molar-refractivity contribution < 1.29 is 9.59 Å². The summed E-state index contributed by atoms with van der Waals surface area (Å²) < 4.78 is 0. The number of anilines is 1.